The Morgan fingerprint density at radius 3 is 0.621 bits per heavy atom. The lowest BCUT2D eigenvalue weighted by atomic mass is 9.98. The predicted octanol–water partition coefficient (Wildman–Crippen LogP) is 33.6. The standard InChI is InChI=1S/3C42H28N2/c1-3-13-29(14-4-1)30-15-11-18-33(27-30)44-38-22-9-7-19-35(38)36-26-25-31(28-41(36)44)34-21-12-24-40-42(34)37-20-8-10-23-39(37)43(40)32-16-5-2-6-17-32;1-3-13-29(14-4-1)30-15-11-18-33(27-30)44-39-23-10-8-20-37(39)42-34(21-12-24-40(42)44)31-25-26-36-35-19-7-9-22-38(35)43(41(36)28-31)32-16-5-2-6-17-32;1-3-12-29(13-4-1)30-22-25-33(26-23-30)44-38-19-9-7-16-35(38)36-27-24-31(28-41(36)44)34-18-11-21-40-42(34)37-17-8-10-20-39(37)43(40)32-14-5-2-6-15-32/h3*1-28H. The molecule has 6 aromatic heterocycles. The van der Waals surface area contributed by atoms with Crippen LogP contribution >= 0.6 is 0 Å². The van der Waals surface area contributed by atoms with E-state index in [-0.39, 0.29) is 0 Å². The SMILES string of the molecule is c1ccc(-c2ccc(-n3c4ccccc4c4ccc(-c5cccc6c5c5ccccc5n6-c5ccccc5)cc43)cc2)cc1.c1ccc(-c2cccc(-n3c4ccccc4c4c(-c5ccc6c7ccccc7n(-c7ccccc7)c6c5)cccc43)c2)cc1.c1ccc(-c2cccc(-n3c4ccccc4c4ccc(-c5cccc6c5c5ccccc5n6-c5ccccc5)cc43)c2)cc1. The van der Waals surface area contributed by atoms with Crippen LogP contribution in [0.25, 0.3) is 232 Å². The molecule has 0 fully saturated rings. The summed E-state index contributed by atoms with van der Waals surface area (Å²) >= 11 is 0. The fraction of sp³-hybridized carbons (Fsp3) is 0. The van der Waals surface area contributed by atoms with Gasteiger partial charge in [0.15, 0.2) is 0 Å². The van der Waals surface area contributed by atoms with Crippen LogP contribution in [0.15, 0.2) is 510 Å². The zero-order valence-electron chi connectivity index (χ0n) is 72.2. The molecular formula is C126H84N6. The maximum Gasteiger partial charge on any atom is 0.0547 e. The van der Waals surface area contributed by atoms with Crippen molar-refractivity contribution in [2.45, 2.75) is 0 Å². The Morgan fingerprint density at radius 1 is 0.0985 bits per heavy atom. The Hall–Kier alpha value is -17.6. The molecule has 0 aliphatic rings. The van der Waals surface area contributed by atoms with Crippen molar-refractivity contribution >= 4 is 131 Å². The van der Waals surface area contributed by atoms with Crippen LogP contribution in [0.3, 0.4) is 0 Å². The Morgan fingerprint density at radius 2 is 0.295 bits per heavy atom. The Kier molecular flexibility index (Phi) is 18.8. The molecule has 132 heavy (non-hydrogen) atoms. The first-order chi connectivity index (χ1) is 65.5. The average Bonchev–Trinajstić information content (AvgIpc) is 1.58. The largest absolute Gasteiger partial charge is 0.309 e. The Bertz CT molecular complexity index is 9110. The van der Waals surface area contributed by atoms with Crippen molar-refractivity contribution < 1.29 is 0 Å². The van der Waals surface area contributed by atoms with Gasteiger partial charge in [0.1, 0.15) is 0 Å². The first-order valence-electron chi connectivity index (χ1n) is 45.4. The number of nitrogens with zero attached hydrogens (tertiary/aromatic N) is 6. The molecule has 27 rings (SSSR count). The van der Waals surface area contributed by atoms with E-state index in [0.29, 0.717) is 0 Å². The first-order valence-corrected chi connectivity index (χ1v) is 45.4. The molecule has 0 spiro atoms. The van der Waals surface area contributed by atoms with Gasteiger partial charge in [-0.05, 0) is 212 Å². The van der Waals surface area contributed by atoms with Crippen LogP contribution in [0.2, 0.25) is 0 Å². The number of aromatic nitrogens is 6. The average molecular weight is 1680 g/mol. The number of benzene rings is 21. The quantitative estimate of drug-likeness (QED) is 0.117. The van der Waals surface area contributed by atoms with E-state index in [1.54, 1.807) is 0 Å². The van der Waals surface area contributed by atoms with E-state index in [2.05, 4.69) is 537 Å². The lowest BCUT2D eigenvalue weighted by Gasteiger charge is -2.12. The van der Waals surface area contributed by atoms with Crippen molar-refractivity contribution in [3.8, 4) is 101 Å². The highest BCUT2D eigenvalue weighted by Gasteiger charge is 2.25. The molecule has 0 bridgehead atoms. The van der Waals surface area contributed by atoms with Crippen LogP contribution in [0, 0.1) is 0 Å². The monoisotopic (exact) mass is 1680 g/mol. The minimum atomic E-state index is 1.16. The third-order valence-electron chi connectivity index (χ3n) is 26.7. The van der Waals surface area contributed by atoms with Crippen LogP contribution in [0.1, 0.15) is 0 Å². The number of para-hydroxylation sites is 9. The normalized spacial score (nSPS) is 11.6. The highest BCUT2D eigenvalue weighted by atomic mass is 15.0. The van der Waals surface area contributed by atoms with Gasteiger partial charge in [-0.2, -0.15) is 0 Å². The van der Waals surface area contributed by atoms with Crippen LogP contribution in [0.5, 0.6) is 0 Å². The summed E-state index contributed by atoms with van der Waals surface area (Å²) in [6.45, 7) is 0. The molecule has 0 N–H and O–H groups in total. The number of fused-ring (bicyclic) bond motifs is 18. The van der Waals surface area contributed by atoms with Crippen molar-refractivity contribution in [3.05, 3.63) is 510 Å². The second-order valence-electron chi connectivity index (χ2n) is 34.2. The fourth-order valence-electron chi connectivity index (χ4n) is 20.9. The third kappa shape index (κ3) is 13.0. The molecular weight excluding hydrogens is 1600 g/mol. The molecule has 6 heterocycles. The van der Waals surface area contributed by atoms with Gasteiger partial charge < -0.3 is 27.4 Å². The summed E-state index contributed by atoms with van der Waals surface area (Å²) < 4.78 is 14.4. The van der Waals surface area contributed by atoms with E-state index < -0.39 is 0 Å². The summed E-state index contributed by atoms with van der Waals surface area (Å²) in [7, 11) is 0. The van der Waals surface area contributed by atoms with E-state index in [4.69, 9.17) is 0 Å². The van der Waals surface area contributed by atoms with Gasteiger partial charge in [0, 0.05) is 98.8 Å². The summed E-state index contributed by atoms with van der Waals surface area (Å²) in [5.41, 5.74) is 36.2. The lowest BCUT2D eigenvalue weighted by Crippen LogP contribution is -1.95. The minimum absolute atomic E-state index is 1.16. The zero-order chi connectivity index (χ0) is 87.1. The van der Waals surface area contributed by atoms with Gasteiger partial charge in [-0.25, -0.2) is 0 Å². The van der Waals surface area contributed by atoms with E-state index >= 15 is 0 Å². The second-order valence-corrected chi connectivity index (χ2v) is 34.2. The van der Waals surface area contributed by atoms with Gasteiger partial charge in [0.25, 0.3) is 0 Å². The predicted molar refractivity (Wildman–Crippen MR) is 558 cm³/mol. The molecule has 27 aromatic rings. The van der Waals surface area contributed by atoms with Gasteiger partial charge >= 0.3 is 0 Å². The zero-order valence-corrected chi connectivity index (χ0v) is 72.2. The summed E-state index contributed by atoms with van der Waals surface area (Å²) in [6.07, 6.45) is 0. The summed E-state index contributed by atoms with van der Waals surface area (Å²) in [4.78, 5) is 0. The van der Waals surface area contributed by atoms with Gasteiger partial charge in [-0.3, -0.25) is 0 Å². The maximum absolute atomic E-state index is 2.42. The summed E-state index contributed by atoms with van der Waals surface area (Å²) in [5, 5.41) is 15.2. The number of hydrogen-bond acceptors (Lipinski definition) is 0. The van der Waals surface area contributed by atoms with Gasteiger partial charge in [-0.1, -0.05) is 364 Å². The van der Waals surface area contributed by atoms with Gasteiger partial charge in [0.2, 0.25) is 0 Å². The minimum Gasteiger partial charge on any atom is -0.309 e. The molecule has 21 aromatic carbocycles. The third-order valence-corrected chi connectivity index (χ3v) is 26.7. The highest BCUT2D eigenvalue weighted by molar-refractivity contribution is 6.21. The Labute approximate surface area is 763 Å². The van der Waals surface area contributed by atoms with Gasteiger partial charge in [-0.15, -0.1) is 0 Å². The smallest absolute Gasteiger partial charge is 0.0547 e. The summed E-state index contributed by atoms with van der Waals surface area (Å²) in [5.74, 6) is 0. The van der Waals surface area contributed by atoms with Crippen LogP contribution in [0.4, 0.5) is 0 Å². The van der Waals surface area contributed by atoms with Crippen LogP contribution < -0.4 is 0 Å². The molecule has 0 atom stereocenters. The summed E-state index contributed by atoms with van der Waals surface area (Å²) in [6, 6.07) is 184. The molecule has 618 valence electrons. The van der Waals surface area contributed by atoms with Crippen LogP contribution in [-0.4, -0.2) is 27.4 Å². The molecule has 0 saturated carbocycles. The van der Waals surface area contributed by atoms with Crippen molar-refractivity contribution in [3.63, 3.8) is 0 Å². The number of rotatable bonds is 12. The molecule has 0 aliphatic heterocycles. The van der Waals surface area contributed by atoms with E-state index in [0.717, 1.165) is 17.1 Å². The van der Waals surface area contributed by atoms with Crippen LogP contribution in [-0.2, 0) is 0 Å². The Balaban J connectivity index is 0.000000106. The topological polar surface area (TPSA) is 29.6 Å². The second kappa shape index (κ2) is 32.4. The fourth-order valence-corrected chi connectivity index (χ4v) is 20.9. The van der Waals surface area contributed by atoms with Crippen molar-refractivity contribution in [1.29, 1.82) is 0 Å². The molecule has 0 unspecified atom stereocenters. The van der Waals surface area contributed by atoms with Crippen molar-refractivity contribution in [2.75, 3.05) is 0 Å². The van der Waals surface area contributed by atoms with E-state index in [1.165, 1.54) is 215 Å². The molecule has 0 radical (unpaired) electrons. The molecule has 6 heteroatoms. The first kappa shape index (κ1) is 76.8. The maximum atomic E-state index is 2.42. The lowest BCUT2D eigenvalue weighted by molar-refractivity contribution is 1.18. The van der Waals surface area contributed by atoms with E-state index in [1.807, 2.05) is 0 Å². The molecule has 0 aliphatic carbocycles. The highest BCUT2D eigenvalue weighted by Crippen LogP contribution is 2.47. The number of hydrogen-bond donors (Lipinski definition) is 0. The van der Waals surface area contributed by atoms with Crippen molar-refractivity contribution in [2.24, 2.45) is 0 Å². The van der Waals surface area contributed by atoms with E-state index in [9.17, 15) is 0 Å². The molecule has 6 nitrogen and oxygen atoms in total. The molecule has 0 saturated heterocycles. The van der Waals surface area contributed by atoms with Crippen molar-refractivity contribution in [1.82, 2.24) is 27.4 Å². The van der Waals surface area contributed by atoms with Gasteiger partial charge in [0.05, 0.1) is 66.2 Å². The molecule has 0 amide bonds.